The minimum absolute atomic E-state index is 0.0829. The van der Waals surface area contributed by atoms with Crippen LogP contribution >= 0.6 is 0 Å². The van der Waals surface area contributed by atoms with Crippen LogP contribution in [0.1, 0.15) is 24.8 Å². The molecule has 1 aliphatic heterocycles. The average Bonchev–Trinajstić information content (AvgIpc) is 2.74. The van der Waals surface area contributed by atoms with Crippen molar-refractivity contribution in [3.8, 4) is 0 Å². The van der Waals surface area contributed by atoms with Gasteiger partial charge < -0.3 is 14.7 Å². The molecule has 132 valence electrons. The summed E-state index contributed by atoms with van der Waals surface area (Å²) in [7, 11) is 1.90. The molecule has 1 fully saturated rings. The van der Waals surface area contributed by atoms with Crippen LogP contribution in [0.4, 0.5) is 0 Å². The highest BCUT2D eigenvalue weighted by atomic mass is 16.5. The molecule has 0 saturated carbocycles. The Balaban J connectivity index is 1.80. The van der Waals surface area contributed by atoms with E-state index in [1.807, 2.05) is 42.3 Å². The third kappa shape index (κ3) is 5.62. The summed E-state index contributed by atoms with van der Waals surface area (Å²) in [6.07, 6.45) is 2.56. The number of rotatable bonds is 8. The monoisotopic (exact) mass is 334 g/mol. The van der Waals surface area contributed by atoms with Gasteiger partial charge in [0.2, 0.25) is 5.91 Å². The highest BCUT2D eigenvalue weighted by molar-refractivity contribution is 5.85. The van der Waals surface area contributed by atoms with E-state index in [1.54, 1.807) is 0 Å². The van der Waals surface area contributed by atoms with Crippen LogP contribution in [-0.2, 0) is 20.9 Å². The second-order valence-electron chi connectivity index (χ2n) is 6.18. The second kappa shape index (κ2) is 9.39. The molecule has 1 aromatic carbocycles. The third-order valence-corrected chi connectivity index (χ3v) is 4.31. The fourth-order valence-corrected chi connectivity index (χ4v) is 2.94. The molecule has 1 aromatic rings. The first-order chi connectivity index (χ1) is 11.6. The maximum absolute atomic E-state index is 12.6. The molecule has 1 aliphatic rings. The van der Waals surface area contributed by atoms with E-state index in [4.69, 9.17) is 9.84 Å². The number of hydrogen-bond acceptors (Lipinski definition) is 4. The summed E-state index contributed by atoms with van der Waals surface area (Å²) in [6.45, 7) is 2.05. The largest absolute Gasteiger partial charge is 0.480 e. The smallest absolute Gasteiger partial charge is 0.323 e. The molecular weight excluding hydrogens is 308 g/mol. The highest BCUT2D eigenvalue weighted by Gasteiger charge is 2.30. The van der Waals surface area contributed by atoms with Crippen molar-refractivity contribution in [1.82, 2.24) is 9.80 Å². The molecular formula is C18H26N2O4. The van der Waals surface area contributed by atoms with E-state index < -0.39 is 5.97 Å². The summed E-state index contributed by atoms with van der Waals surface area (Å²) in [5, 5.41) is 8.95. The lowest BCUT2D eigenvalue weighted by Crippen LogP contribution is -2.48. The van der Waals surface area contributed by atoms with Crippen molar-refractivity contribution in [2.24, 2.45) is 0 Å². The Kier molecular flexibility index (Phi) is 7.21. The zero-order valence-corrected chi connectivity index (χ0v) is 14.2. The molecule has 6 nitrogen and oxygen atoms in total. The van der Waals surface area contributed by atoms with Crippen LogP contribution in [-0.4, -0.2) is 66.1 Å². The van der Waals surface area contributed by atoms with Crippen LogP contribution in [0, 0.1) is 0 Å². The van der Waals surface area contributed by atoms with Crippen molar-refractivity contribution in [2.45, 2.75) is 31.9 Å². The normalized spacial score (nSPS) is 18.7. The SMILES string of the molecule is CN(CCOCc1ccccc1)C1CCCCN(CC(=O)O)C1=O. The second-order valence-corrected chi connectivity index (χ2v) is 6.18. The van der Waals surface area contributed by atoms with Crippen molar-refractivity contribution in [2.75, 3.05) is 33.3 Å². The number of carbonyl (C=O) groups excluding carboxylic acids is 1. The van der Waals surface area contributed by atoms with Crippen LogP contribution in [0.2, 0.25) is 0 Å². The minimum atomic E-state index is -0.960. The van der Waals surface area contributed by atoms with Gasteiger partial charge in [0.25, 0.3) is 0 Å². The summed E-state index contributed by atoms with van der Waals surface area (Å²) >= 11 is 0. The molecule has 0 aromatic heterocycles. The van der Waals surface area contributed by atoms with E-state index >= 15 is 0 Å². The maximum atomic E-state index is 12.6. The number of ether oxygens (including phenoxy) is 1. The Labute approximate surface area is 143 Å². The molecule has 0 spiro atoms. The number of likely N-dealkylation sites (tertiary alicyclic amines) is 1. The van der Waals surface area contributed by atoms with E-state index in [0.29, 0.717) is 26.3 Å². The number of likely N-dealkylation sites (N-methyl/N-ethyl adjacent to an activating group) is 1. The molecule has 24 heavy (non-hydrogen) atoms. The van der Waals surface area contributed by atoms with E-state index in [2.05, 4.69) is 0 Å². The van der Waals surface area contributed by atoms with Crippen molar-refractivity contribution in [3.05, 3.63) is 35.9 Å². The predicted molar refractivity (Wildman–Crippen MR) is 90.6 cm³/mol. The molecule has 1 heterocycles. The summed E-state index contributed by atoms with van der Waals surface area (Å²) in [6, 6.07) is 9.70. The van der Waals surface area contributed by atoms with Gasteiger partial charge in [0.15, 0.2) is 0 Å². The first-order valence-corrected chi connectivity index (χ1v) is 8.40. The van der Waals surface area contributed by atoms with Gasteiger partial charge in [-0.05, 0) is 31.9 Å². The zero-order chi connectivity index (χ0) is 17.4. The molecule has 1 saturated heterocycles. The number of carboxylic acid groups (broad SMARTS) is 1. The standard InChI is InChI=1S/C18H26N2O4/c1-19(11-12-24-14-15-7-3-2-4-8-15)16-9-5-6-10-20(18(16)23)13-17(21)22/h2-4,7-8,16H,5-6,9-14H2,1H3,(H,21,22). The van der Waals surface area contributed by atoms with Gasteiger partial charge in [0, 0.05) is 13.1 Å². The van der Waals surface area contributed by atoms with Gasteiger partial charge >= 0.3 is 5.97 Å². The quantitative estimate of drug-likeness (QED) is 0.731. The van der Waals surface area contributed by atoms with Gasteiger partial charge in [-0.2, -0.15) is 0 Å². The summed E-state index contributed by atoms with van der Waals surface area (Å²) < 4.78 is 5.68. The molecule has 0 bridgehead atoms. The topological polar surface area (TPSA) is 70.1 Å². The molecule has 0 aliphatic carbocycles. The van der Waals surface area contributed by atoms with E-state index in [-0.39, 0.29) is 18.5 Å². The molecule has 1 amide bonds. The number of benzene rings is 1. The lowest BCUT2D eigenvalue weighted by molar-refractivity contribution is -0.146. The van der Waals surface area contributed by atoms with Gasteiger partial charge in [-0.15, -0.1) is 0 Å². The Morgan fingerprint density at radius 1 is 1.33 bits per heavy atom. The predicted octanol–water partition coefficient (Wildman–Crippen LogP) is 1.60. The van der Waals surface area contributed by atoms with Crippen molar-refractivity contribution >= 4 is 11.9 Å². The van der Waals surface area contributed by atoms with Crippen molar-refractivity contribution in [1.29, 1.82) is 0 Å². The van der Waals surface area contributed by atoms with Gasteiger partial charge in [-0.25, -0.2) is 0 Å². The number of hydrogen-bond donors (Lipinski definition) is 1. The Bertz CT molecular complexity index is 535. The number of aliphatic carboxylic acids is 1. The minimum Gasteiger partial charge on any atom is -0.480 e. The molecule has 2 rings (SSSR count). The Morgan fingerprint density at radius 2 is 2.08 bits per heavy atom. The number of amides is 1. The Morgan fingerprint density at radius 3 is 2.79 bits per heavy atom. The summed E-state index contributed by atoms with van der Waals surface area (Å²) in [5.74, 6) is -1.04. The zero-order valence-electron chi connectivity index (χ0n) is 14.2. The lowest BCUT2D eigenvalue weighted by Gasteiger charge is -2.29. The van der Waals surface area contributed by atoms with Crippen molar-refractivity contribution < 1.29 is 19.4 Å². The maximum Gasteiger partial charge on any atom is 0.323 e. The van der Waals surface area contributed by atoms with E-state index in [1.165, 1.54) is 4.90 Å². The van der Waals surface area contributed by atoms with Crippen LogP contribution in [0.5, 0.6) is 0 Å². The van der Waals surface area contributed by atoms with Crippen molar-refractivity contribution in [3.63, 3.8) is 0 Å². The van der Waals surface area contributed by atoms with Gasteiger partial charge in [-0.1, -0.05) is 30.3 Å². The molecule has 1 N–H and O–H groups in total. The van der Waals surface area contributed by atoms with Gasteiger partial charge in [0.1, 0.15) is 6.54 Å². The third-order valence-electron chi connectivity index (χ3n) is 4.31. The average molecular weight is 334 g/mol. The number of carbonyl (C=O) groups is 2. The molecule has 0 radical (unpaired) electrons. The van der Waals surface area contributed by atoms with Crippen LogP contribution < -0.4 is 0 Å². The molecule has 1 unspecified atom stereocenters. The number of carboxylic acids is 1. The van der Waals surface area contributed by atoms with E-state index in [0.717, 1.165) is 24.8 Å². The fourth-order valence-electron chi connectivity index (χ4n) is 2.94. The van der Waals surface area contributed by atoms with Crippen LogP contribution in [0.25, 0.3) is 0 Å². The Hall–Kier alpha value is -1.92. The lowest BCUT2D eigenvalue weighted by atomic mass is 10.1. The summed E-state index contributed by atoms with van der Waals surface area (Å²) in [5.41, 5.74) is 1.12. The first kappa shape index (κ1) is 18.4. The van der Waals surface area contributed by atoms with Gasteiger partial charge in [-0.3, -0.25) is 14.5 Å². The van der Waals surface area contributed by atoms with Crippen LogP contribution in [0.15, 0.2) is 30.3 Å². The van der Waals surface area contributed by atoms with Gasteiger partial charge in [0.05, 0.1) is 19.3 Å². The number of nitrogens with zero attached hydrogens (tertiary/aromatic N) is 2. The molecule has 1 atom stereocenters. The highest BCUT2D eigenvalue weighted by Crippen LogP contribution is 2.16. The van der Waals surface area contributed by atoms with E-state index in [9.17, 15) is 9.59 Å². The van der Waals surface area contributed by atoms with Crippen LogP contribution in [0.3, 0.4) is 0 Å². The fraction of sp³-hybridized carbons (Fsp3) is 0.556. The summed E-state index contributed by atoms with van der Waals surface area (Å²) in [4.78, 5) is 26.9. The molecule has 6 heteroatoms. The first-order valence-electron chi connectivity index (χ1n) is 8.40.